The van der Waals surface area contributed by atoms with Crippen molar-refractivity contribution < 1.29 is 50.8 Å². The molecule has 1 aliphatic heterocycles. The van der Waals surface area contributed by atoms with Crippen molar-refractivity contribution in [3.8, 4) is 28.7 Å². The molecular formula is C44H43O11P. The Morgan fingerprint density at radius 2 is 0.786 bits per heavy atom. The Morgan fingerprint density at radius 1 is 0.375 bits per heavy atom. The van der Waals surface area contributed by atoms with Gasteiger partial charge in [-0.25, -0.2) is 0 Å². The van der Waals surface area contributed by atoms with E-state index >= 15 is 0 Å². The lowest BCUT2D eigenvalue weighted by Gasteiger charge is -2.15. The smallest absolute Gasteiger partial charge is 0.453 e. The Bertz CT molecular complexity index is 2320. The maximum atomic E-state index is 6.56. The van der Waals surface area contributed by atoms with Gasteiger partial charge in [0.2, 0.25) is 0 Å². The van der Waals surface area contributed by atoms with Crippen LogP contribution in [0.2, 0.25) is 0 Å². The number of rotatable bonds is 2. The Balaban J connectivity index is 0.999. The molecule has 56 heavy (non-hydrogen) atoms. The predicted octanol–water partition coefficient (Wildman–Crippen LogP) is 9.73. The molecule has 0 amide bonds. The third-order valence-electron chi connectivity index (χ3n) is 9.01. The summed E-state index contributed by atoms with van der Waals surface area (Å²) in [4.78, 5) is 0. The van der Waals surface area contributed by atoms with Gasteiger partial charge in [0.1, 0.15) is 43.3 Å². The van der Waals surface area contributed by atoms with Crippen LogP contribution in [0.3, 0.4) is 0 Å². The van der Waals surface area contributed by atoms with Gasteiger partial charge in [-0.1, -0.05) is 72.8 Å². The molecule has 0 fully saturated rings. The summed E-state index contributed by atoms with van der Waals surface area (Å²) in [6, 6.07) is 37.6. The molecule has 8 rings (SSSR count). The van der Waals surface area contributed by atoms with Crippen LogP contribution in [-0.2, 0) is 18.9 Å². The third kappa shape index (κ3) is 9.33. The average Bonchev–Trinajstić information content (AvgIpc) is 3.39. The third-order valence-corrected chi connectivity index (χ3v) is 10.1. The molecular weight excluding hydrogens is 735 g/mol. The van der Waals surface area contributed by atoms with Crippen molar-refractivity contribution in [1.29, 1.82) is 0 Å². The maximum absolute atomic E-state index is 6.56. The molecule has 0 aliphatic carbocycles. The highest BCUT2D eigenvalue weighted by Crippen LogP contribution is 2.43. The average molecular weight is 779 g/mol. The highest BCUT2D eigenvalue weighted by atomic mass is 31.1. The molecule has 0 saturated heterocycles. The summed E-state index contributed by atoms with van der Waals surface area (Å²) in [6.07, 6.45) is 0. The van der Waals surface area contributed by atoms with Gasteiger partial charge in [0.05, 0.1) is 52.9 Å². The van der Waals surface area contributed by atoms with Crippen LogP contribution in [-0.4, -0.2) is 79.3 Å². The summed E-state index contributed by atoms with van der Waals surface area (Å²) in [5.41, 5.74) is 1.37. The van der Waals surface area contributed by atoms with Crippen LogP contribution in [0.5, 0.6) is 28.7 Å². The molecule has 0 bridgehead atoms. The number of ether oxygens (including phenoxy) is 8. The molecule has 1 aromatic heterocycles. The molecule has 0 radical (unpaired) electrons. The monoisotopic (exact) mass is 778 g/mol. The van der Waals surface area contributed by atoms with Crippen molar-refractivity contribution in [2.24, 2.45) is 0 Å². The molecule has 0 spiro atoms. The normalized spacial score (nSPS) is 15.6. The van der Waals surface area contributed by atoms with Crippen LogP contribution < -0.4 is 23.5 Å². The van der Waals surface area contributed by atoms with Crippen molar-refractivity contribution in [2.75, 3.05) is 79.3 Å². The van der Waals surface area contributed by atoms with Gasteiger partial charge in [-0.3, -0.25) is 0 Å². The van der Waals surface area contributed by atoms with Gasteiger partial charge < -0.3 is 50.8 Å². The zero-order valence-electron chi connectivity index (χ0n) is 30.9. The molecule has 7 aromatic rings. The van der Waals surface area contributed by atoms with E-state index < -0.39 is 8.24 Å². The van der Waals surface area contributed by atoms with Gasteiger partial charge in [-0.2, -0.15) is 0 Å². The molecule has 6 aromatic carbocycles. The quantitative estimate of drug-likeness (QED) is 0.167. The second-order valence-corrected chi connectivity index (χ2v) is 13.7. The molecule has 0 atom stereocenters. The van der Waals surface area contributed by atoms with Gasteiger partial charge in [-0.05, 0) is 57.9 Å². The minimum Gasteiger partial charge on any atom is -0.487 e. The van der Waals surface area contributed by atoms with Gasteiger partial charge in [-0.15, -0.1) is 0 Å². The van der Waals surface area contributed by atoms with E-state index in [0.717, 1.165) is 32.3 Å². The molecule has 0 unspecified atom stereocenters. The summed E-state index contributed by atoms with van der Waals surface area (Å²) in [5.74, 6) is 2.84. The maximum Gasteiger partial charge on any atom is 0.453 e. The summed E-state index contributed by atoms with van der Waals surface area (Å²) in [6.45, 7) is 4.52. The van der Waals surface area contributed by atoms with E-state index in [1.807, 2.05) is 72.8 Å². The molecule has 290 valence electrons. The fourth-order valence-corrected chi connectivity index (χ4v) is 7.45. The topological polar surface area (TPSA) is 109 Å². The van der Waals surface area contributed by atoms with Crippen LogP contribution in [0.1, 0.15) is 0 Å². The van der Waals surface area contributed by atoms with Crippen molar-refractivity contribution in [3.63, 3.8) is 0 Å². The molecule has 2 heterocycles. The Kier molecular flexibility index (Phi) is 12.7. The Morgan fingerprint density at radius 3 is 1.29 bits per heavy atom. The van der Waals surface area contributed by atoms with E-state index in [-0.39, 0.29) is 6.61 Å². The minimum absolute atomic E-state index is 0.274. The summed E-state index contributed by atoms with van der Waals surface area (Å²) < 4.78 is 66.5. The van der Waals surface area contributed by atoms with Crippen molar-refractivity contribution in [3.05, 3.63) is 115 Å². The molecule has 0 saturated carbocycles. The number of fused-ring (bicyclic) bond motifs is 9. The van der Waals surface area contributed by atoms with Crippen LogP contribution in [0.4, 0.5) is 0 Å². The first-order valence-corrected chi connectivity index (χ1v) is 19.8. The molecule has 12 heteroatoms. The first-order valence-electron chi connectivity index (χ1n) is 18.7. The number of benzene rings is 6. The summed E-state index contributed by atoms with van der Waals surface area (Å²) in [7, 11) is -1.92. The summed E-state index contributed by atoms with van der Waals surface area (Å²) in [5, 5.41) is 6.29. The molecule has 11 nitrogen and oxygen atoms in total. The van der Waals surface area contributed by atoms with E-state index in [4.69, 9.17) is 50.8 Å². The number of para-hydroxylation sites is 2. The first kappa shape index (κ1) is 37.5. The van der Waals surface area contributed by atoms with E-state index in [1.54, 1.807) is 6.07 Å². The van der Waals surface area contributed by atoms with Gasteiger partial charge >= 0.3 is 8.24 Å². The number of hydrogen-bond donors (Lipinski definition) is 0. The minimum atomic E-state index is -1.92. The van der Waals surface area contributed by atoms with Gasteiger partial charge in [0.25, 0.3) is 0 Å². The highest BCUT2D eigenvalue weighted by molar-refractivity contribution is 7.32. The van der Waals surface area contributed by atoms with Crippen molar-refractivity contribution in [1.82, 2.24) is 0 Å². The van der Waals surface area contributed by atoms with E-state index in [2.05, 4.69) is 36.4 Å². The van der Waals surface area contributed by atoms with Gasteiger partial charge in [0, 0.05) is 16.8 Å². The number of hydrogen-bond acceptors (Lipinski definition) is 11. The van der Waals surface area contributed by atoms with E-state index in [9.17, 15) is 0 Å². The largest absolute Gasteiger partial charge is 0.487 e. The predicted molar refractivity (Wildman–Crippen MR) is 215 cm³/mol. The van der Waals surface area contributed by atoms with E-state index in [1.165, 1.54) is 0 Å². The van der Waals surface area contributed by atoms with Crippen molar-refractivity contribution in [2.45, 2.75) is 0 Å². The van der Waals surface area contributed by atoms with Crippen LogP contribution >= 0.6 is 8.24 Å². The lowest BCUT2D eigenvalue weighted by molar-refractivity contribution is 0.0223. The first-order chi connectivity index (χ1) is 27.8. The SMILES string of the molecule is c1ccc2c(c1)OCCOCCOCCOc1ccc(Op3oc4ccc5ccccc5c4c4c(ccc5ccccc54)o3)cc1OCCOCCOCCO2. The molecule has 0 N–H and O–H groups in total. The van der Waals surface area contributed by atoms with Crippen molar-refractivity contribution >= 4 is 51.7 Å². The Labute approximate surface area is 325 Å². The Hall–Kier alpha value is -5.42. The second-order valence-electron chi connectivity index (χ2n) is 12.7. The van der Waals surface area contributed by atoms with E-state index in [0.29, 0.717) is 113 Å². The van der Waals surface area contributed by atoms with Crippen LogP contribution in [0, 0.1) is 0 Å². The summed E-state index contributed by atoms with van der Waals surface area (Å²) >= 11 is 0. The second kappa shape index (κ2) is 18.9. The highest BCUT2D eigenvalue weighted by Gasteiger charge is 2.16. The standard InChI is InChI=1S/C44H43O11P/c1-3-9-35-32(7-1)13-16-40-43(35)44-36-10-4-2-8-33(36)14-17-41(44)55-56(54-40)53-34-15-18-39-42(31-34)52-30-26-48-22-21-46-24-28-50-38-12-6-5-11-37(38)49-27-23-45-19-20-47-25-29-51-39/h1-18,31H,19-30H2. The van der Waals surface area contributed by atoms with Crippen LogP contribution in [0.15, 0.2) is 124 Å². The fourth-order valence-electron chi connectivity index (χ4n) is 6.43. The van der Waals surface area contributed by atoms with Gasteiger partial charge in [0.15, 0.2) is 23.0 Å². The zero-order chi connectivity index (χ0) is 37.8. The lowest BCUT2D eigenvalue weighted by Crippen LogP contribution is -2.15. The zero-order valence-corrected chi connectivity index (χ0v) is 31.8. The molecule has 1 aliphatic rings. The lowest BCUT2D eigenvalue weighted by atomic mass is 9.99. The fraction of sp³-hybridized carbons (Fsp3) is 0.273. The van der Waals surface area contributed by atoms with Crippen LogP contribution in [0.25, 0.3) is 43.5 Å².